The molecule has 0 aliphatic heterocycles. The lowest BCUT2D eigenvalue weighted by Gasteiger charge is -2.28. The fourth-order valence-electron chi connectivity index (χ4n) is 1.47. The lowest BCUT2D eigenvalue weighted by atomic mass is 10.2. The van der Waals surface area contributed by atoms with Gasteiger partial charge in [0, 0.05) is 12.1 Å². The van der Waals surface area contributed by atoms with Crippen molar-refractivity contribution in [2.75, 3.05) is 13.1 Å². The first-order valence-electron chi connectivity index (χ1n) is 6.38. The van der Waals surface area contributed by atoms with Crippen LogP contribution in [-0.2, 0) is 10.0 Å². The molecule has 0 fully saturated rings. The highest BCUT2D eigenvalue weighted by Crippen LogP contribution is 2.02. The molecule has 106 valence electrons. The van der Waals surface area contributed by atoms with Crippen LogP contribution >= 0.6 is 0 Å². The molecule has 0 amide bonds. The number of nitrogens with zero attached hydrogens (tertiary/aromatic N) is 1. The van der Waals surface area contributed by atoms with Crippen molar-refractivity contribution in [2.45, 2.75) is 58.9 Å². The molecule has 0 spiro atoms. The van der Waals surface area contributed by atoms with Crippen LogP contribution in [0.2, 0.25) is 0 Å². The van der Waals surface area contributed by atoms with Crippen LogP contribution in [0.4, 0.5) is 0 Å². The minimum absolute atomic E-state index is 0.185. The molecule has 0 atom stereocenters. The van der Waals surface area contributed by atoms with Crippen molar-refractivity contribution in [2.24, 2.45) is 0 Å². The van der Waals surface area contributed by atoms with Crippen molar-refractivity contribution in [1.82, 2.24) is 9.62 Å². The lowest BCUT2D eigenvalue weighted by molar-refractivity contribution is 0.200. The number of hydrogen-bond acceptors (Lipinski definition) is 3. The van der Waals surface area contributed by atoms with Gasteiger partial charge in [-0.2, -0.15) is 0 Å². The minimum atomic E-state index is -3.20. The summed E-state index contributed by atoms with van der Waals surface area (Å²) in [4.78, 5) is 2.25. The van der Waals surface area contributed by atoms with Crippen molar-refractivity contribution < 1.29 is 8.42 Å². The van der Waals surface area contributed by atoms with E-state index in [-0.39, 0.29) is 6.54 Å². The summed E-state index contributed by atoms with van der Waals surface area (Å²) in [6, 6.07) is 0.873. The number of nitrogens with one attached hydrogen (secondary N) is 1. The molecule has 0 saturated carbocycles. The van der Waals surface area contributed by atoms with Gasteiger partial charge < -0.3 is 0 Å². The highest BCUT2D eigenvalue weighted by atomic mass is 32.2. The summed E-state index contributed by atoms with van der Waals surface area (Å²) in [5.74, 6) is 5.86. The van der Waals surface area contributed by atoms with E-state index in [1.54, 1.807) is 13.8 Å². The van der Waals surface area contributed by atoms with Crippen LogP contribution in [0, 0.1) is 11.8 Å². The Labute approximate surface area is 112 Å². The third-order valence-electron chi connectivity index (χ3n) is 2.70. The Kier molecular flexibility index (Phi) is 7.53. The second-order valence-electron chi connectivity index (χ2n) is 5.13. The van der Waals surface area contributed by atoms with E-state index in [0.29, 0.717) is 18.6 Å². The highest BCUT2D eigenvalue weighted by Gasteiger charge is 2.13. The summed E-state index contributed by atoms with van der Waals surface area (Å²) in [6.07, 6.45) is 0. The van der Waals surface area contributed by atoms with Gasteiger partial charge in [0.25, 0.3) is 0 Å². The van der Waals surface area contributed by atoms with E-state index in [1.807, 2.05) is 0 Å². The molecule has 0 aliphatic carbocycles. The molecule has 0 bridgehead atoms. The maximum Gasteiger partial charge on any atom is 0.214 e. The molecule has 0 aromatic heterocycles. The van der Waals surface area contributed by atoms with Crippen LogP contribution in [0.1, 0.15) is 41.5 Å². The van der Waals surface area contributed by atoms with Gasteiger partial charge in [-0.05, 0) is 41.5 Å². The van der Waals surface area contributed by atoms with Gasteiger partial charge in [0.05, 0.1) is 18.3 Å². The van der Waals surface area contributed by atoms with E-state index >= 15 is 0 Å². The topological polar surface area (TPSA) is 49.4 Å². The Morgan fingerprint density at radius 2 is 1.50 bits per heavy atom. The van der Waals surface area contributed by atoms with Crippen LogP contribution in [0.15, 0.2) is 0 Å². The maximum absolute atomic E-state index is 11.5. The molecule has 0 heterocycles. The molecule has 18 heavy (non-hydrogen) atoms. The summed E-state index contributed by atoms with van der Waals surface area (Å²) in [7, 11) is -3.20. The van der Waals surface area contributed by atoms with Crippen LogP contribution in [0.25, 0.3) is 0 Å². The van der Waals surface area contributed by atoms with Gasteiger partial charge in [-0.15, -0.1) is 0 Å². The van der Waals surface area contributed by atoms with Crippen molar-refractivity contribution in [3.8, 4) is 11.8 Å². The van der Waals surface area contributed by atoms with Gasteiger partial charge in [0.2, 0.25) is 10.0 Å². The molecule has 0 rings (SSSR count). The monoisotopic (exact) mass is 274 g/mol. The zero-order chi connectivity index (χ0) is 14.3. The molecule has 0 aliphatic rings. The largest absolute Gasteiger partial charge is 0.287 e. The number of hydrogen-bond donors (Lipinski definition) is 1. The molecule has 0 saturated heterocycles. The molecule has 0 aromatic rings. The van der Waals surface area contributed by atoms with Crippen molar-refractivity contribution in [1.29, 1.82) is 0 Å². The lowest BCUT2D eigenvalue weighted by Crippen LogP contribution is -2.37. The van der Waals surface area contributed by atoms with E-state index < -0.39 is 15.3 Å². The molecular formula is C13H26N2O2S. The zero-order valence-electron chi connectivity index (χ0n) is 12.3. The molecule has 0 aromatic carbocycles. The predicted octanol–water partition coefficient (Wildman–Crippen LogP) is 1.44. The average molecular weight is 274 g/mol. The van der Waals surface area contributed by atoms with Crippen molar-refractivity contribution >= 4 is 10.0 Å². The van der Waals surface area contributed by atoms with E-state index in [9.17, 15) is 8.42 Å². The summed E-state index contributed by atoms with van der Waals surface area (Å²) in [5.41, 5.74) is 0. The second-order valence-corrected chi connectivity index (χ2v) is 7.45. The SMILES string of the molecule is CC(C)N(CC#CCNS(=O)(=O)C(C)C)C(C)C. The Hall–Kier alpha value is -0.570. The third kappa shape index (κ3) is 6.39. The third-order valence-corrected chi connectivity index (χ3v) is 4.48. The molecule has 1 N–H and O–H groups in total. The summed E-state index contributed by atoms with van der Waals surface area (Å²) in [6.45, 7) is 12.7. The van der Waals surface area contributed by atoms with Crippen molar-refractivity contribution in [3.05, 3.63) is 0 Å². The molecule has 0 radical (unpaired) electrons. The minimum Gasteiger partial charge on any atom is -0.287 e. The fraction of sp³-hybridized carbons (Fsp3) is 0.846. The average Bonchev–Trinajstić information content (AvgIpc) is 2.21. The normalized spacial score (nSPS) is 12.3. The summed E-state index contributed by atoms with van der Waals surface area (Å²) < 4.78 is 25.4. The van der Waals surface area contributed by atoms with Gasteiger partial charge in [-0.3, -0.25) is 4.90 Å². The van der Waals surface area contributed by atoms with E-state index in [0.717, 1.165) is 0 Å². The van der Waals surface area contributed by atoms with Crippen LogP contribution in [0.3, 0.4) is 0 Å². The Morgan fingerprint density at radius 1 is 1.00 bits per heavy atom. The molecule has 0 unspecified atom stereocenters. The fourth-order valence-corrected chi connectivity index (χ4v) is 2.08. The first kappa shape index (κ1) is 17.4. The predicted molar refractivity (Wildman–Crippen MR) is 76.8 cm³/mol. The number of sulfonamides is 1. The van der Waals surface area contributed by atoms with Crippen LogP contribution < -0.4 is 4.72 Å². The summed E-state index contributed by atoms with van der Waals surface area (Å²) >= 11 is 0. The van der Waals surface area contributed by atoms with E-state index in [1.165, 1.54) is 0 Å². The highest BCUT2D eigenvalue weighted by molar-refractivity contribution is 7.90. The molecule has 5 heteroatoms. The Bertz CT molecular complexity index is 381. The first-order chi connectivity index (χ1) is 8.18. The quantitative estimate of drug-likeness (QED) is 0.746. The van der Waals surface area contributed by atoms with Gasteiger partial charge in [0.1, 0.15) is 0 Å². The Balaban J connectivity index is 4.22. The standard InChI is InChI=1S/C13H26N2O2S/c1-11(2)15(12(3)4)10-8-7-9-14-18(16,17)13(5)6/h11-14H,9-10H2,1-6H3. The van der Waals surface area contributed by atoms with Gasteiger partial charge in [0.15, 0.2) is 0 Å². The first-order valence-corrected chi connectivity index (χ1v) is 7.93. The van der Waals surface area contributed by atoms with Crippen LogP contribution in [0.5, 0.6) is 0 Å². The van der Waals surface area contributed by atoms with Gasteiger partial charge in [-0.25, -0.2) is 13.1 Å². The van der Waals surface area contributed by atoms with E-state index in [4.69, 9.17) is 0 Å². The van der Waals surface area contributed by atoms with Gasteiger partial charge >= 0.3 is 0 Å². The van der Waals surface area contributed by atoms with Crippen molar-refractivity contribution in [3.63, 3.8) is 0 Å². The molecular weight excluding hydrogens is 248 g/mol. The number of rotatable bonds is 6. The second kappa shape index (κ2) is 7.78. The van der Waals surface area contributed by atoms with Crippen LogP contribution in [-0.4, -0.2) is 43.7 Å². The smallest absolute Gasteiger partial charge is 0.214 e. The zero-order valence-corrected chi connectivity index (χ0v) is 13.1. The molecule has 4 nitrogen and oxygen atoms in total. The van der Waals surface area contributed by atoms with E-state index in [2.05, 4.69) is 49.2 Å². The maximum atomic E-state index is 11.5. The summed E-state index contributed by atoms with van der Waals surface area (Å²) in [5, 5.41) is -0.415. The van der Waals surface area contributed by atoms with Gasteiger partial charge in [-0.1, -0.05) is 11.8 Å². The Morgan fingerprint density at radius 3 is 1.89 bits per heavy atom.